The topological polar surface area (TPSA) is 63.9 Å². The number of hydrogen-bond acceptors (Lipinski definition) is 4. The average Bonchev–Trinajstić information content (AvgIpc) is 2.46. The Hall–Kier alpha value is -2.21. The van der Waals surface area contributed by atoms with Crippen molar-refractivity contribution in [2.75, 3.05) is 13.1 Å². The first kappa shape index (κ1) is 13.8. The van der Waals surface area contributed by atoms with Crippen LogP contribution in [0, 0.1) is 0 Å². The molecule has 6 heteroatoms. The number of ether oxygens (including phenoxy) is 1. The van der Waals surface area contributed by atoms with E-state index in [4.69, 9.17) is 4.74 Å². The van der Waals surface area contributed by atoms with Gasteiger partial charge in [-0.2, -0.15) is 0 Å². The third kappa shape index (κ3) is 2.54. The van der Waals surface area contributed by atoms with Gasteiger partial charge >= 0.3 is 0 Å². The molecule has 21 heavy (non-hydrogen) atoms. The van der Waals surface area contributed by atoms with E-state index in [0.29, 0.717) is 18.7 Å². The average molecular weight is 287 g/mol. The molecule has 1 aliphatic heterocycles. The molecule has 0 bridgehead atoms. The van der Waals surface area contributed by atoms with Crippen molar-refractivity contribution in [3.8, 4) is 0 Å². The number of carbonyl (C=O) groups is 1. The first-order chi connectivity index (χ1) is 10.1. The van der Waals surface area contributed by atoms with Crippen molar-refractivity contribution >= 4 is 11.6 Å². The molecular weight excluding hydrogens is 270 g/mol. The molecule has 2 atom stereocenters. The molecular formula is C15H17N3O3. The van der Waals surface area contributed by atoms with E-state index >= 15 is 0 Å². The van der Waals surface area contributed by atoms with Crippen LogP contribution in [0.25, 0.3) is 5.65 Å². The number of rotatable bonds is 1. The van der Waals surface area contributed by atoms with Gasteiger partial charge in [-0.3, -0.25) is 14.0 Å². The highest BCUT2D eigenvalue weighted by atomic mass is 16.5. The van der Waals surface area contributed by atoms with Gasteiger partial charge in [0.25, 0.3) is 11.5 Å². The largest absolute Gasteiger partial charge is 0.372 e. The number of fused-ring (bicyclic) bond motifs is 1. The number of carbonyl (C=O) groups excluding carboxylic acids is 1. The lowest BCUT2D eigenvalue weighted by Gasteiger charge is -2.35. The summed E-state index contributed by atoms with van der Waals surface area (Å²) in [5.74, 6) is -0.284. The second-order valence-corrected chi connectivity index (χ2v) is 5.37. The zero-order valence-electron chi connectivity index (χ0n) is 12.0. The minimum Gasteiger partial charge on any atom is -0.372 e. The van der Waals surface area contributed by atoms with Crippen molar-refractivity contribution in [1.29, 1.82) is 0 Å². The summed E-state index contributed by atoms with van der Waals surface area (Å²) in [6, 6.07) is 5.27. The fourth-order valence-corrected chi connectivity index (χ4v) is 2.69. The van der Waals surface area contributed by atoms with Gasteiger partial charge in [0.05, 0.1) is 12.2 Å². The molecule has 2 aromatic rings. The Labute approximate surface area is 122 Å². The molecule has 6 nitrogen and oxygen atoms in total. The van der Waals surface area contributed by atoms with Crippen LogP contribution >= 0.6 is 0 Å². The highest BCUT2D eigenvalue weighted by Crippen LogP contribution is 2.13. The summed E-state index contributed by atoms with van der Waals surface area (Å²) in [6.45, 7) is 4.81. The first-order valence-corrected chi connectivity index (χ1v) is 6.97. The van der Waals surface area contributed by atoms with Crippen molar-refractivity contribution in [2.24, 2.45) is 0 Å². The summed E-state index contributed by atoms with van der Waals surface area (Å²) in [5, 5.41) is 0. The number of aromatic nitrogens is 2. The Morgan fingerprint density at radius 1 is 1.29 bits per heavy atom. The summed E-state index contributed by atoms with van der Waals surface area (Å²) in [7, 11) is 0. The summed E-state index contributed by atoms with van der Waals surface area (Å²) >= 11 is 0. The summed E-state index contributed by atoms with van der Waals surface area (Å²) in [6.07, 6.45) is 2.92. The monoisotopic (exact) mass is 287 g/mol. The predicted molar refractivity (Wildman–Crippen MR) is 77.4 cm³/mol. The van der Waals surface area contributed by atoms with E-state index in [2.05, 4.69) is 4.98 Å². The normalized spacial score (nSPS) is 22.5. The molecule has 0 spiro atoms. The van der Waals surface area contributed by atoms with Crippen LogP contribution in [0.3, 0.4) is 0 Å². The van der Waals surface area contributed by atoms with Crippen LogP contribution in [-0.2, 0) is 4.74 Å². The summed E-state index contributed by atoms with van der Waals surface area (Å²) < 4.78 is 7.00. The molecule has 3 heterocycles. The second kappa shape index (κ2) is 5.29. The van der Waals surface area contributed by atoms with Gasteiger partial charge < -0.3 is 9.64 Å². The number of amides is 1. The van der Waals surface area contributed by atoms with E-state index in [-0.39, 0.29) is 29.2 Å². The Morgan fingerprint density at radius 3 is 2.71 bits per heavy atom. The lowest BCUT2D eigenvalue weighted by molar-refractivity contribution is -0.0586. The maximum absolute atomic E-state index is 12.6. The van der Waals surface area contributed by atoms with E-state index in [9.17, 15) is 9.59 Å². The van der Waals surface area contributed by atoms with Gasteiger partial charge in [0.15, 0.2) is 0 Å². The third-order valence-corrected chi connectivity index (χ3v) is 3.55. The van der Waals surface area contributed by atoms with Gasteiger partial charge in [0, 0.05) is 25.5 Å². The molecule has 3 rings (SSSR count). The zero-order chi connectivity index (χ0) is 15.0. The minimum atomic E-state index is -0.336. The number of pyridine rings is 1. The molecule has 1 aliphatic rings. The van der Waals surface area contributed by atoms with Crippen LogP contribution < -0.4 is 5.56 Å². The van der Waals surface area contributed by atoms with Crippen LogP contribution in [0.5, 0.6) is 0 Å². The van der Waals surface area contributed by atoms with Crippen LogP contribution in [-0.4, -0.2) is 45.5 Å². The Morgan fingerprint density at radius 2 is 2.00 bits per heavy atom. The highest BCUT2D eigenvalue weighted by Gasteiger charge is 2.28. The summed E-state index contributed by atoms with van der Waals surface area (Å²) in [5.41, 5.74) is 0.292. The molecule has 0 aromatic carbocycles. The molecule has 0 radical (unpaired) electrons. The predicted octanol–water partition coefficient (Wildman–Crippen LogP) is 0.944. The second-order valence-electron chi connectivity index (χ2n) is 5.37. The van der Waals surface area contributed by atoms with Crippen molar-refractivity contribution in [3.05, 3.63) is 46.5 Å². The van der Waals surface area contributed by atoms with Gasteiger partial charge in [-0.05, 0) is 26.0 Å². The van der Waals surface area contributed by atoms with Crippen LogP contribution in [0.1, 0.15) is 24.2 Å². The van der Waals surface area contributed by atoms with Crippen molar-refractivity contribution in [1.82, 2.24) is 14.3 Å². The standard InChI is InChI=1S/C15H17N3O3/c1-10-8-17(9-11(2)21-10)14(19)12-7-16-13-5-3-4-6-18(13)15(12)20/h3-7,10-11H,8-9H2,1-2H3/t10-,11-/m0/s1. The van der Waals surface area contributed by atoms with Crippen molar-refractivity contribution in [3.63, 3.8) is 0 Å². The Bertz CT molecular complexity index is 730. The maximum Gasteiger partial charge on any atom is 0.270 e. The molecule has 110 valence electrons. The van der Waals surface area contributed by atoms with E-state index in [0.717, 1.165) is 0 Å². The molecule has 0 saturated carbocycles. The highest BCUT2D eigenvalue weighted by molar-refractivity contribution is 5.93. The lowest BCUT2D eigenvalue weighted by atomic mass is 10.2. The van der Waals surface area contributed by atoms with Gasteiger partial charge in [0.1, 0.15) is 11.2 Å². The lowest BCUT2D eigenvalue weighted by Crippen LogP contribution is -2.49. The summed E-state index contributed by atoms with van der Waals surface area (Å²) in [4.78, 5) is 30.8. The van der Waals surface area contributed by atoms with E-state index in [1.165, 1.54) is 10.6 Å². The number of hydrogen-bond donors (Lipinski definition) is 0. The minimum absolute atomic E-state index is 0.0335. The SMILES string of the molecule is C[C@H]1CN(C(=O)c2cnc3ccccn3c2=O)C[C@H](C)O1. The number of morpholine rings is 1. The third-order valence-electron chi connectivity index (χ3n) is 3.55. The van der Waals surface area contributed by atoms with Crippen molar-refractivity contribution < 1.29 is 9.53 Å². The van der Waals surface area contributed by atoms with Gasteiger partial charge in [-0.25, -0.2) is 4.98 Å². The first-order valence-electron chi connectivity index (χ1n) is 6.97. The van der Waals surface area contributed by atoms with Gasteiger partial charge in [0.2, 0.25) is 0 Å². The van der Waals surface area contributed by atoms with E-state index < -0.39 is 0 Å². The fraction of sp³-hybridized carbons (Fsp3) is 0.400. The Kier molecular flexibility index (Phi) is 3.47. The fourth-order valence-electron chi connectivity index (χ4n) is 2.69. The van der Waals surface area contributed by atoms with Gasteiger partial charge in [-0.1, -0.05) is 6.07 Å². The molecule has 1 amide bonds. The molecule has 0 aliphatic carbocycles. The van der Waals surface area contributed by atoms with E-state index in [1.54, 1.807) is 29.3 Å². The molecule has 2 aromatic heterocycles. The maximum atomic E-state index is 12.6. The molecule has 0 N–H and O–H groups in total. The van der Waals surface area contributed by atoms with E-state index in [1.807, 2.05) is 13.8 Å². The van der Waals surface area contributed by atoms with Crippen molar-refractivity contribution in [2.45, 2.75) is 26.1 Å². The molecule has 1 saturated heterocycles. The zero-order valence-corrected chi connectivity index (χ0v) is 12.0. The quantitative estimate of drug-likeness (QED) is 0.783. The Balaban J connectivity index is 1.98. The number of nitrogens with zero attached hydrogens (tertiary/aromatic N) is 3. The van der Waals surface area contributed by atoms with Crippen LogP contribution in [0.15, 0.2) is 35.4 Å². The van der Waals surface area contributed by atoms with Gasteiger partial charge in [-0.15, -0.1) is 0 Å². The van der Waals surface area contributed by atoms with Crippen LogP contribution in [0.2, 0.25) is 0 Å². The molecule has 1 fully saturated rings. The van der Waals surface area contributed by atoms with Crippen LogP contribution in [0.4, 0.5) is 0 Å². The smallest absolute Gasteiger partial charge is 0.270 e. The molecule has 0 unspecified atom stereocenters.